The quantitative estimate of drug-likeness (QED) is 0.501. The van der Waals surface area contributed by atoms with Crippen molar-refractivity contribution in [1.82, 2.24) is 0 Å². The highest BCUT2D eigenvalue weighted by atomic mass is 16.4. The van der Waals surface area contributed by atoms with Crippen LogP contribution in [0.25, 0.3) is 0 Å². The van der Waals surface area contributed by atoms with Gasteiger partial charge in [-0.1, -0.05) is 0 Å². The highest BCUT2D eigenvalue weighted by Crippen LogP contribution is 2.25. The minimum atomic E-state index is -1.42. The number of carboxylic acids is 1. The molecule has 0 amide bonds. The minimum absolute atomic E-state index is 0.268. The van der Waals surface area contributed by atoms with E-state index in [2.05, 4.69) is 0 Å². The molecule has 0 aromatic carbocycles. The van der Waals surface area contributed by atoms with Gasteiger partial charge in [-0.3, -0.25) is 4.79 Å². The van der Waals surface area contributed by atoms with E-state index in [4.69, 9.17) is 10.8 Å². The Hall–Kier alpha value is -0.650. The van der Waals surface area contributed by atoms with Crippen LogP contribution in [-0.2, 0) is 4.79 Å². The Morgan fingerprint density at radius 1 is 1.27 bits per heavy atom. The Balaban J connectivity index is 4.68. The number of aliphatic hydroxyl groups is 2. The molecule has 0 aromatic rings. The molecule has 0 spiro atoms. The third-order valence-corrected chi connectivity index (χ3v) is 2.56. The lowest BCUT2D eigenvalue weighted by atomic mass is 9.79. The van der Waals surface area contributed by atoms with Crippen molar-refractivity contribution in [2.24, 2.45) is 11.7 Å². The normalized spacial score (nSPS) is 21.5. The molecule has 0 radical (unpaired) electrons. The number of nitrogens with two attached hydrogens (primary N) is 1. The molecule has 0 aliphatic rings. The predicted molar refractivity (Wildman–Crippen MR) is 56.3 cm³/mol. The molecule has 15 heavy (non-hydrogen) atoms. The number of hydrogen-bond donors (Lipinski definition) is 4. The standard InChI is InChI=1S/C10H21NO4/c1-6(12)4-8(5-7(2)13)10(3,11)9(14)15/h6-8,12-13H,4-5,11H2,1-3H3,(H,14,15). The Bertz CT molecular complexity index is 203. The van der Waals surface area contributed by atoms with Gasteiger partial charge in [0.15, 0.2) is 0 Å². The second-order valence-corrected chi connectivity index (χ2v) is 4.45. The van der Waals surface area contributed by atoms with Gasteiger partial charge in [-0.2, -0.15) is 0 Å². The number of aliphatic carboxylic acids is 1. The molecule has 5 heteroatoms. The smallest absolute Gasteiger partial charge is 0.323 e. The monoisotopic (exact) mass is 219 g/mol. The van der Waals surface area contributed by atoms with Crippen LogP contribution in [0.4, 0.5) is 0 Å². The highest BCUT2D eigenvalue weighted by molar-refractivity contribution is 5.78. The van der Waals surface area contributed by atoms with Crippen LogP contribution in [0.2, 0.25) is 0 Å². The zero-order valence-corrected chi connectivity index (χ0v) is 9.47. The van der Waals surface area contributed by atoms with Crippen molar-refractivity contribution in [2.45, 2.75) is 51.4 Å². The maximum Gasteiger partial charge on any atom is 0.323 e. The van der Waals surface area contributed by atoms with Crippen LogP contribution < -0.4 is 5.73 Å². The Kier molecular flexibility index (Phi) is 5.20. The third-order valence-electron chi connectivity index (χ3n) is 2.56. The molecule has 0 saturated heterocycles. The largest absolute Gasteiger partial charge is 0.480 e. The van der Waals surface area contributed by atoms with Crippen LogP contribution in [0.3, 0.4) is 0 Å². The van der Waals surface area contributed by atoms with E-state index in [1.54, 1.807) is 13.8 Å². The second kappa shape index (κ2) is 5.44. The summed E-state index contributed by atoms with van der Waals surface area (Å²) in [4.78, 5) is 10.9. The molecule has 0 heterocycles. The van der Waals surface area contributed by atoms with Crippen molar-refractivity contribution in [3.63, 3.8) is 0 Å². The number of rotatable bonds is 6. The minimum Gasteiger partial charge on any atom is -0.480 e. The molecular weight excluding hydrogens is 198 g/mol. The van der Waals surface area contributed by atoms with Gasteiger partial charge in [0.25, 0.3) is 0 Å². The van der Waals surface area contributed by atoms with E-state index in [0.29, 0.717) is 0 Å². The van der Waals surface area contributed by atoms with Crippen molar-refractivity contribution in [2.75, 3.05) is 0 Å². The molecule has 0 aromatic heterocycles. The molecule has 3 unspecified atom stereocenters. The van der Waals surface area contributed by atoms with Gasteiger partial charge in [0, 0.05) is 0 Å². The van der Waals surface area contributed by atoms with Crippen LogP contribution in [-0.4, -0.2) is 39.0 Å². The topological polar surface area (TPSA) is 104 Å². The average Bonchev–Trinajstić information content (AvgIpc) is 2.00. The zero-order valence-electron chi connectivity index (χ0n) is 9.47. The Morgan fingerprint density at radius 2 is 1.60 bits per heavy atom. The van der Waals surface area contributed by atoms with Gasteiger partial charge in [-0.25, -0.2) is 0 Å². The van der Waals surface area contributed by atoms with E-state index in [1.807, 2.05) is 0 Å². The summed E-state index contributed by atoms with van der Waals surface area (Å²) in [5, 5.41) is 27.5. The van der Waals surface area contributed by atoms with E-state index < -0.39 is 29.6 Å². The summed E-state index contributed by atoms with van der Waals surface area (Å²) in [5.41, 5.74) is 4.26. The van der Waals surface area contributed by atoms with Crippen molar-refractivity contribution in [3.05, 3.63) is 0 Å². The maximum atomic E-state index is 10.9. The first-order valence-electron chi connectivity index (χ1n) is 5.06. The summed E-state index contributed by atoms with van der Waals surface area (Å²) < 4.78 is 0. The maximum absolute atomic E-state index is 10.9. The molecule has 0 saturated carbocycles. The van der Waals surface area contributed by atoms with Gasteiger partial charge in [0.2, 0.25) is 0 Å². The van der Waals surface area contributed by atoms with Crippen LogP contribution in [0.15, 0.2) is 0 Å². The first-order valence-corrected chi connectivity index (χ1v) is 5.06. The summed E-state index contributed by atoms with van der Waals surface area (Å²) in [6.45, 7) is 4.56. The van der Waals surface area contributed by atoms with Crippen LogP contribution in [0.5, 0.6) is 0 Å². The lowest BCUT2D eigenvalue weighted by molar-refractivity contribution is -0.145. The molecule has 0 bridgehead atoms. The first kappa shape index (κ1) is 14.3. The Morgan fingerprint density at radius 3 is 1.80 bits per heavy atom. The fourth-order valence-corrected chi connectivity index (χ4v) is 1.58. The second-order valence-electron chi connectivity index (χ2n) is 4.45. The highest BCUT2D eigenvalue weighted by Gasteiger charge is 2.38. The molecule has 0 aliphatic carbocycles. The number of aliphatic hydroxyl groups excluding tert-OH is 2. The zero-order chi connectivity index (χ0) is 12.2. The summed E-state index contributed by atoms with van der Waals surface area (Å²) in [6, 6.07) is 0. The van der Waals surface area contributed by atoms with E-state index in [0.717, 1.165) is 0 Å². The van der Waals surface area contributed by atoms with Gasteiger partial charge in [0.1, 0.15) is 5.54 Å². The van der Waals surface area contributed by atoms with Crippen molar-refractivity contribution in [3.8, 4) is 0 Å². The van der Waals surface area contributed by atoms with Gasteiger partial charge >= 0.3 is 5.97 Å². The first-order chi connectivity index (χ1) is 6.67. The molecule has 0 aliphatic heterocycles. The fourth-order valence-electron chi connectivity index (χ4n) is 1.58. The van der Waals surface area contributed by atoms with Gasteiger partial charge in [-0.15, -0.1) is 0 Å². The van der Waals surface area contributed by atoms with E-state index in [-0.39, 0.29) is 12.8 Å². The molecule has 3 atom stereocenters. The van der Waals surface area contributed by atoms with Crippen LogP contribution in [0, 0.1) is 5.92 Å². The van der Waals surface area contributed by atoms with E-state index in [9.17, 15) is 15.0 Å². The van der Waals surface area contributed by atoms with E-state index >= 15 is 0 Å². The Labute approximate surface area is 89.9 Å². The summed E-state index contributed by atoms with van der Waals surface area (Å²) in [6.07, 6.45) is -0.721. The van der Waals surface area contributed by atoms with Crippen LogP contribution >= 0.6 is 0 Å². The molecular formula is C10H21NO4. The fraction of sp³-hybridized carbons (Fsp3) is 0.900. The summed E-state index contributed by atoms with van der Waals surface area (Å²) in [7, 11) is 0. The molecule has 90 valence electrons. The van der Waals surface area contributed by atoms with Crippen LogP contribution in [0.1, 0.15) is 33.6 Å². The van der Waals surface area contributed by atoms with Crippen molar-refractivity contribution < 1.29 is 20.1 Å². The van der Waals surface area contributed by atoms with Gasteiger partial charge in [-0.05, 0) is 39.5 Å². The number of carbonyl (C=O) groups is 1. The molecule has 5 N–H and O–H groups in total. The van der Waals surface area contributed by atoms with Crippen molar-refractivity contribution in [1.29, 1.82) is 0 Å². The number of hydrogen-bond acceptors (Lipinski definition) is 4. The van der Waals surface area contributed by atoms with E-state index in [1.165, 1.54) is 6.92 Å². The molecule has 0 rings (SSSR count). The SMILES string of the molecule is CC(O)CC(CC(C)O)C(C)(N)C(=O)O. The number of carboxylic acid groups (broad SMARTS) is 1. The molecule has 5 nitrogen and oxygen atoms in total. The molecule has 0 fully saturated rings. The lowest BCUT2D eigenvalue weighted by Crippen LogP contribution is -2.52. The summed E-state index contributed by atoms with van der Waals surface area (Å²) >= 11 is 0. The van der Waals surface area contributed by atoms with Gasteiger partial charge in [0.05, 0.1) is 12.2 Å². The average molecular weight is 219 g/mol. The predicted octanol–water partition coefficient (Wildman–Crippen LogP) is -0.0536. The lowest BCUT2D eigenvalue weighted by Gasteiger charge is -2.32. The van der Waals surface area contributed by atoms with Crippen molar-refractivity contribution >= 4 is 5.97 Å². The van der Waals surface area contributed by atoms with Gasteiger partial charge < -0.3 is 21.1 Å². The summed E-state index contributed by atoms with van der Waals surface area (Å²) in [5.74, 6) is -1.57. The third kappa shape index (κ3) is 4.59.